The maximum Gasteiger partial charge on any atom is 0.334 e. The van der Waals surface area contributed by atoms with Crippen molar-refractivity contribution in [2.45, 2.75) is 85.5 Å². The Morgan fingerprint density at radius 1 is 1.29 bits per heavy atom. The van der Waals surface area contributed by atoms with Gasteiger partial charge in [-0.2, -0.15) is 0 Å². The topological polar surface area (TPSA) is 78.9 Å². The van der Waals surface area contributed by atoms with Gasteiger partial charge in [0.2, 0.25) is 0 Å². The number of esters is 3. The Kier molecular flexibility index (Phi) is 6.68. The minimum absolute atomic E-state index is 0.00458. The van der Waals surface area contributed by atoms with Gasteiger partial charge in [0.1, 0.15) is 18.3 Å². The SMILES string of the molecule is C=C1C(=O)O[C@H]2C[C@@H](C)[C@@H]3[C@@H](OC(=O)/C(C)=C\C)C[C@@H](OC(=O)CC(C)C)[C@@]3(C)C[C@H]12. The fourth-order valence-corrected chi connectivity index (χ4v) is 5.87. The normalized spacial score (nSPS) is 37.7. The van der Waals surface area contributed by atoms with Gasteiger partial charge in [0.25, 0.3) is 0 Å². The monoisotopic (exact) mass is 432 g/mol. The number of fused-ring (bicyclic) bond motifs is 2. The van der Waals surface area contributed by atoms with Crippen LogP contribution >= 0.6 is 0 Å². The molecule has 0 aromatic heterocycles. The number of ether oxygens (including phenoxy) is 3. The van der Waals surface area contributed by atoms with Crippen LogP contribution in [0.2, 0.25) is 0 Å². The Labute approximate surface area is 185 Å². The number of hydrogen-bond donors (Lipinski definition) is 0. The number of allylic oxidation sites excluding steroid dienone is 1. The number of hydrogen-bond acceptors (Lipinski definition) is 6. The molecule has 2 saturated carbocycles. The Bertz CT molecular complexity index is 796. The van der Waals surface area contributed by atoms with Gasteiger partial charge in [-0.25, -0.2) is 9.59 Å². The van der Waals surface area contributed by atoms with Gasteiger partial charge in [0, 0.05) is 41.2 Å². The molecule has 1 aliphatic heterocycles. The van der Waals surface area contributed by atoms with Gasteiger partial charge in [0.15, 0.2) is 0 Å². The average molecular weight is 433 g/mol. The zero-order valence-electron chi connectivity index (χ0n) is 19.6. The summed E-state index contributed by atoms with van der Waals surface area (Å²) in [4.78, 5) is 37.3. The number of carbonyl (C=O) groups is 3. The summed E-state index contributed by atoms with van der Waals surface area (Å²) in [5, 5.41) is 0. The van der Waals surface area contributed by atoms with E-state index in [0.717, 1.165) is 0 Å². The molecular formula is C25H36O6. The van der Waals surface area contributed by atoms with E-state index >= 15 is 0 Å². The van der Waals surface area contributed by atoms with E-state index in [1.807, 2.05) is 13.8 Å². The van der Waals surface area contributed by atoms with Gasteiger partial charge in [0.05, 0.1) is 0 Å². The van der Waals surface area contributed by atoms with Gasteiger partial charge in [-0.15, -0.1) is 0 Å². The van der Waals surface area contributed by atoms with E-state index in [-0.39, 0.29) is 53.8 Å². The molecule has 0 aromatic carbocycles. The Morgan fingerprint density at radius 3 is 2.58 bits per heavy atom. The lowest BCUT2D eigenvalue weighted by Crippen LogP contribution is -2.40. The minimum atomic E-state index is -0.447. The minimum Gasteiger partial charge on any atom is -0.462 e. The van der Waals surface area contributed by atoms with Gasteiger partial charge >= 0.3 is 17.9 Å². The highest BCUT2D eigenvalue weighted by atomic mass is 16.6. The lowest BCUT2D eigenvalue weighted by atomic mass is 9.69. The van der Waals surface area contributed by atoms with Crippen LogP contribution < -0.4 is 0 Å². The van der Waals surface area contributed by atoms with Crippen LogP contribution in [0.25, 0.3) is 0 Å². The van der Waals surface area contributed by atoms with Crippen LogP contribution in [0.3, 0.4) is 0 Å². The van der Waals surface area contributed by atoms with Crippen molar-refractivity contribution in [3.05, 3.63) is 23.8 Å². The molecule has 0 bridgehead atoms. The van der Waals surface area contributed by atoms with Crippen LogP contribution in [-0.2, 0) is 28.6 Å². The molecule has 1 saturated heterocycles. The van der Waals surface area contributed by atoms with Crippen molar-refractivity contribution >= 4 is 17.9 Å². The zero-order valence-corrected chi connectivity index (χ0v) is 19.6. The summed E-state index contributed by atoms with van der Waals surface area (Å²) in [5.74, 6) is -0.697. The number of carbonyl (C=O) groups excluding carboxylic acids is 3. The molecule has 0 N–H and O–H groups in total. The predicted octanol–water partition coefficient (Wildman–Crippen LogP) is 4.38. The fourth-order valence-electron chi connectivity index (χ4n) is 5.87. The Balaban J connectivity index is 1.94. The highest BCUT2D eigenvalue weighted by Gasteiger charge is 2.61. The van der Waals surface area contributed by atoms with Crippen LogP contribution in [0.1, 0.15) is 67.2 Å². The lowest BCUT2D eigenvalue weighted by Gasteiger charge is -2.39. The molecule has 172 valence electrons. The van der Waals surface area contributed by atoms with E-state index in [1.165, 1.54) is 0 Å². The van der Waals surface area contributed by atoms with Crippen molar-refractivity contribution in [2.75, 3.05) is 0 Å². The van der Waals surface area contributed by atoms with Crippen LogP contribution in [0.15, 0.2) is 23.8 Å². The van der Waals surface area contributed by atoms with E-state index in [2.05, 4.69) is 20.4 Å². The summed E-state index contributed by atoms with van der Waals surface area (Å²) in [7, 11) is 0. The molecule has 0 spiro atoms. The van der Waals surface area contributed by atoms with Crippen molar-refractivity contribution in [3.63, 3.8) is 0 Å². The molecule has 7 atom stereocenters. The summed E-state index contributed by atoms with van der Waals surface area (Å²) >= 11 is 0. The van der Waals surface area contributed by atoms with E-state index in [0.29, 0.717) is 36.8 Å². The molecule has 2 aliphatic carbocycles. The standard InChI is InChI=1S/C25H36O6/c1-8-14(4)23(27)30-19-11-20(31-21(26)9-13(2)3)25(7)12-17-16(6)24(28)29-18(17)10-15(5)22(19)25/h8,13,15,17-20,22H,6,9-12H2,1-5,7H3/b14-8-/t15-,17-,18+,19+,20-,22-,25-/m1/s1. The molecule has 0 radical (unpaired) electrons. The highest BCUT2D eigenvalue weighted by molar-refractivity contribution is 5.91. The fraction of sp³-hybridized carbons (Fsp3) is 0.720. The molecule has 3 rings (SSSR count). The second kappa shape index (κ2) is 8.79. The molecular weight excluding hydrogens is 396 g/mol. The third-order valence-corrected chi connectivity index (χ3v) is 7.50. The van der Waals surface area contributed by atoms with E-state index in [4.69, 9.17) is 14.2 Å². The van der Waals surface area contributed by atoms with Gasteiger partial charge < -0.3 is 14.2 Å². The number of rotatable bonds is 5. The molecule has 31 heavy (non-hydrogen) atoms. The Morgan fingerprint density at radius 2 is 1.97 bits per heavy atom. The van der Waals surface area contributed by atoms with Crippen LogP contribution in [0.5, 0.6) is 0 Å². The molecule has 1 heterocycles. The zero-order chi connectivity index (χ0) is 23.1. The highest BCUT2D eigenvalue weighted by Crippen LogP contribution is 2.58. The summed E-state index contributed by atoms with van der Waals surface area (Å²) in [6, 6.07) is 0. The lowest BCUT2D eigenvalue weighted by molar-refractivity contribution is -0.157. The van der Waals surface area contributed by atoms with Crippen molar-refractivity contribution in [1.29, 1.82) is 0 Å². The third-order valence-electron chi connectivity index (χ3n) is 7.50. The molecule has 6 heteroatoms. The predicted molar refractivity (Wildman–Crippen MR) is 116 cm³/mol. The van der Waals surface area contributed by atoms with Crippen molar-refractivity contribution in [3.8, 4) is 0 Å². The third kappa shape index (κ3) is 4.44. The molecule has 0 aromatic rings. The van der Waals surface area contributed by atoms with Gasteiger partial charge in [-0.1, -0.05) is 40.3 Å². The molecule has 0 unspecified atom stereocenters. The van der Waals surface area contributed by atoms with Crippen molar-refractivity contribution < 1.29 is 28.6 Å². The van der Waals surface area contributed by atoms with E-state index in [1.54, 1.807) is 19.9 Å². The molecule has 3 aliphatic rings. The average Bonchev–Trinajstić information content (AvgIpc) is 3.03. The van der Waals surface area contributed by atoms with Gasteiger partial charge in [-0.3, -0.25) is 4.79 Å². The van der Waals surface area contributed by atoms with Crippen LogP contribution in [-0.4, -0.2) is 36.2 Å². The molecule has 0 amide bonds. The quantitative estimate of drug-likeness (QED) is 0.364. The maximum absolute atomic E-state index is 12.6. The summed E-state index contributed by atoms with van der Waals surface area (Å²) in [5.41, 5.74) is 0.607. The van der Waals surface area contributed by atoms with Crippen molar-refractivity contribution in [1.82, 2.24) is 0 Å². The molecule has 6 nitrogen and oxygen atoms in total. The second-order valence-corrected chi connectivity index (χ2v) is 10.3. The van der Waals surface area contributed by atoms with Crippen LogP contribution in [0, 0.1) is 29.1 Å². The summed E-state index contributed by atoms with van der Waals surface area (Å²) < 4.78 is 17.6. The first-order chi connectivity index (χ1) is 14.5. The van der Waals surface area contributed by atoms with Crippen molar-refractivity contribution in [2.24, 2.45) is 29.1 Å². The largest absolute Gasteiger partial charge is 0.462 e. The first-order valence-corrected chi connectivity index (χ1v) is 11.4. The molecule has 3 fully saturated rings. The Hall–Kier alpha value is -2.11. The maximum atomic E-state index is 12.6. The van der Waals surface area contributed by atoms with Gasteiger partial charge in [-0.05, 0) is 38.5 Å². The van der Waals surface area contributed by atoms with E-state index < -0.39 is 11.5 Å². The second-order valence-electron chi connectivity index (χ2n) is 10.3. The summed E-state index contributed by atoms with van der Waals surface area (Å²) in [6.45, 7) is 15.7. The first kappa shape index (κ1) is 23.6. The summed E-state index contributed by atoms with van der Waals surface area (Å²) in [6.07, 6.45) is 2.87. The van der Waals surface area contributed by atoms with Crippen LogP contribution in [0.4, 0.5) is 0 Å². The smallest absolute Gasteiger partial charge is 0.334 e. The van der Waals surface area contributed by atoms with E-state index in [9.17, 15) is 14.4 Å². The first-order valence-electron chi connectivity index (χ1n) is 11.4.